The van der Waals surface area contributed by atoms with Crippen LogP contribution in [0.15, 0.2) is 145 Å². The lowest BCUT2D eigenvalue weighted by atomic mass is 9.94. The quantitative estimate of drug-likeness (QED) is 0.228. The summed E-state index contributed by atoms with van der Waals surface area (Å²) in [6.45, 7) is 0. The summed E-state index contributed by atoms with van der Waals surface area (Å²) >= 11 is 0. The fourth-order valence-corrected chi connectivity index (χ4v) is 4.56. The maximum Gasteiger partial charge on any atom is 0.137 e. The van der Waals surface area contributed by atoms with Gasteiger partial charge >= 0.3 is 0 Å². The predicted octanol–water partition coefficient (Wildman–Crippen LogP) is 8.30. The minimum absolute atomic E-state index is 0.275. The molecule has 0 N–H and O–H groups in total. The molecule has 2 nitrogen and oxygen atoms in total. The van der Waals surface area contributed by atoms with Crippen molar-refractivity contribution in [3.05, 3.63) is 174 Å². The molecule has 0 radical (unpaired) electrons. The minimum atomic E-state index is -0.275. The number of nitrogens with zero attached hydrogens (tertiary/aromatic N) is 2. The molecule has 6 aromatic rings. The van der Waals surface area contributed by atoms with Gasteiger partial charge in [0.25, 0.3) is 0 Å². The second kappa shape index (κ2) is 9.94. The summed E-state index contributed by atoms with van der Waals surface area (Å²) in [4.78, 5) is 4.98. The zero-order valence-electron chi connectivity index (χ0n) is 20.1. The standard InChI is InChI=1S/C34H23FN2/c35-29-21-19-28(20-22-29)33-34(37-23-11-10-18-32(37)36-33)31(27-16-8-3-9-17-27)24-30(25-12-4-1-5-13-25)26-14-6-2-7-15-26/h1-23H. The summed E-state index contributed by atoms with van der Waals surface area (Å²) in [6.07, 6.45) is 2.01. The molecule has 4 aromatic carbocycles. The Morgan fingerprint density at radius 1 is 0.568 bits per heavy atom. The van der Waals surface area contributed by atoms with Crippen LogP contribution in [0.25, 0.3) is 28.1 Å². The molecule has 0 unspecified atom stereocenters. The van der Waals surface area contributed by atoms with E-state index in [0.717, 1.165) is 50.4 Å². The average molecular weight is 479 g/mol. The van der Waals surface area contributed by atoms with E-state index in [1.54, 1.807) is 12.1 Å². The third-order valence-corrected chi connectivity index (χ3v) is 6.32. The van der Waals surface area contributed by atoms with Crippen molar-refractivity contribution in [1.82, 2.24) is 9.38 Å². The van der Waals surface area contributed by atoms with Crippen molar-refractivity contribution in [2.75, 3.05) is 0 Å². The van der Waals surface area contributed by atoms with Crippen LogP contribution in [-0.4, -0.2) is 9.38 Å². The van der Waals surface area contributed by atoms with Crippen LogP contribution in [0.2, 0.25) is 0 Å². The number of halogens is 1. The molecule has 0 amide bonds. The topological polar surface area (TPSA) is 17.3 Å². The van der Waals surface area contributed by atoms with Crippen LogP contribution in [0.4, 0.5) is 4.39 Å². The SMILES string of the molecule is Fc1ccc(-c2nc3ccccn3c2C(=C=C(c2ccccc2)c2ccccc2)c2ccccc2)cc1. The molecular formula is C34H23FN2. The average Bonchev–Trinajstić information content (AvgIpc) is 3.35. The highest BCUT2D eigenvalue weighted by Gasteiger charge is 2.20. The Balaban J connectivity index is 1.76. The molecule has 0 aliphatic carbocycles. The van der Waals surface area contributed by atoms with E-state index >= 15 is 0 Å². The van der Waals surface area contributed by atoms with Gasteiger partial charge in [-0.15, -0.1) is 5.73 Å². The van der Waals surface area contributed by atoms with E-state index in [1.165, 1.54) is 12.1 Å². The van der Waals surface area contributed by atoms with E-state index < -0.39 is 0 Å². The molecule has 0 aliphatic heterocycles. The maximum absolute atomic E-state index is 13.8. The van der Waals surface area contributed by atoms with Crippen LogP contribution in [0.3, 0.4) is 0 Å². The Labute approximate surface area is 215 Å². The van der Waals surface area contributed by atoms with Crippen LogP contribution in [-0.2, 0) is 0 Å². The summed E-state index contributed by atoms with van der Waals surface area (Å²) in [5.41, 5.74) is 12.2. The molecule has 0 fully saturated rings. The second-order valence-corrected chi connectivity index (χ2v) is 8.72. The first-order valence-corrected chi connectivity index (χ1v) is 12.2. The summed E-state index contributed by atoms with van der Waals surface area (Å²) in [5, 5.41) is 0. The van der Waals surface area contributed by atoms with E-state index in [-0.39, 0.29) is 5.82 Å². The summed E-state index contributed by atoms with van der Waals surface area (Å²) in [7, 11) is 0. The molecule has 0 atom stereocenters. The molecule has 0 aliphatic rings. The van der Waals surface area contributed by atoms with Gasteiger partial charge in [0, 0.05) is 17.3 Å². The second-order valence-electron chi connectivity index (χ2n) is 8.72. The maximum atomic E-state index is 13.8. The van der Waals surface area contributed by atoms with Crippen LogP contribution in [0.5, 0.6) is 0 Å². The van der Waals surface area contributed by atoms with Gasteiger partial charge in [-0.05, 0) is 53.1 Å². The van der Waals surface area contributed by atoms with Crippen molar-refractivity contribution in [1.29, 1.82) is 0 Å². The Hall–Kier alpha value is -4.98. The zero-order chi connectivity index (χ0) is 25.0. The summed E-state index contributed by atoms with van der Waals surface area (Å²) < 4.78 is 15.9. The summed E-state index contributed by atoms with van der Waals surface area (Å²) in [6, 6.07) is 43.3. The van der Waals surface area contributed by atoms with Crippen molar-refractivity contribution >= 4 is 16.8 Å². The smallest absolute Gasteiger partial charge is 0.137 e. The Morgan fingerprint density at radius 2 is 1.08 bits per heavy atom. The fourth-order valence-electron chi connectivity index (χ4n) is 4.56. The van der Waals surface area contributed by atoms with Crippen LogP contribution in [0.1, 0.15) is 22.4 Å². The number of pyridine rings is 1. The van der Waals surface area contributed by atoms with Crippen molar-refractivity contribution in [2.24, 2.45) is 0 Å². The van der Waals surface area contributed by atoms with E-state index in [4.69, 9.17) is 4.98 Å². The van der Waals surface area contributed by atoms with E-state index in [2.05, 4.69) is 46.5 Å². The number of fused-ring (bicyclic) bond motifs is 1. The number of imidazole rings is 1. The lowest BCUT2D eigenvalue weighted by Crippen LogP contribution is -1.97. The molecule has 0 spiro atoms. The molecule has 0 bridgehead atoms. The Morgan fingerprint density at radius 3 is 1.65 bits per heavy atom. The van der Waals surface area contributed by atoms with Crippen LogP contribution < -0.4 is 0 Å². The van der Waals surface area contributed by atoms with Crippen molar-refractivity contribution in [3.63, 3.8) is 0 Å². The van der Waals surface area contributed by atoms with E-state index in [1.807, 2.05) is 79.0 Å². The van der Waals surface area contributed by atoms with Crippen LogP contribution in [0, 0.1) is 5.82 Å². The Kier molecular flexibility index (Phi) is 6.04. The number of rotatable bonds is 5. The molecule has 6 rings (SSSR count). The fraction of sp³-hybridized carbons (Fsp3) is 0. The molecule has 0 saturated heterocycles. The highest BCUT2D eigenvalue weighted by Crippen LogP contribution is 2.35. The lowest BCUT2D eigenvalue weighted by molar-refractivity contribution is 0.628. The highest BCUT2D eigenvalue weighted by atomic mass is 19.1. The minimum Gasteiger partial charge on any atom is -0.298 e. The third kappa shape index (κ3) is 4.52. The van der Waals surface area contributed by atoms with Gasteiger partial charge in [-0.1, -0.05) is 97.1 Å². The molecule has 37 heavy (non-hydrogen) atoms. The van der Waals surface area contributed by atoms with Gasteiger partial charge in [0.05, 0.1) is 17.0 Å². The first-order chi connectivity index (χ1) is 18.3. The van der Waals surface area contributed by atoms with Gasteiger partial charge in [0.2, 0.25) is 0 Å². The molecule has 176 valence electrons. The van der Waals surface area contributed by atoms with Gasteiger partial charge < -0.3 is 0 Å². The number of hydrogen-bond acceptors (Lipinski definition) is 1. The lowest BCUT2D eigenvalue weighted by Gasteiger charge is -2.11. The predicted molar refractivity (Wildman–Crippen MR) is 148 cm³/mol. The number of aromatic nitrogens is 2. The molecular weight excluding hydrogens is 455 g/mol. The monoisotopic (exact) mass is 478 g/mol. The number of hydrogen-bond donors (Lipinski definition) is 0. The molecule has 0 saturated carbocycles. The zero-order valence-corrected chi connectivity index (χ0v) is 20.1. The third-order valence-electron chi connectivity index (χ3n) is 6.32. The highest BCUT2D eigenvalue weighted by molar-refractivity contribution is 5.92. The van der Waals surface area contributed by atoms with Crippen LogP contribution >= 0.6 is 0 Å². The van der Waals surface area contributed by atoms with Gasteiger partial charge in [-0.25, -0.2) is 9.37 Å². The number of benzene rings is 4. The largest absolute Gasteiger partial charge is 0.298 e. The van der Waals surface area contributed by atoms with Gasteiger partial charge in [-0.3, -0.25) is 4.40 Å². The van der Waals surface area contributed by atoms with Crippen molar-refractivity contribution in [3.8, 4) is 11.3 Å². The molecule has 3 heteroatoms. The van der Waals surface area contributed by atoms with Gasteiger partial charge in [0.15, 0.2) is 0 Å². The van der Waals surface area contributed by atoms with Crippen molar-refractivity contribution in [2.45, 2.75) is 0 Å². The van der Waals surface area contributed by atoms with Crippen molar-refractivity contribution < 1.29 is 4.39 Å². The van der Waals surface area contributed by atoms with Gasteiger partial charge in [0.1, 0.15) is 11.5 Å². The van der Waals surface area contributed by atoms with Gasteiger partial charge in [-0.2, -0.15) is 0 Å². The van der Waals surface area contributed by atoms with E-state index in [0.29, 0.717) is 0 Å². The first-order valence-electron chi connectivity index (χ1n) is 12.2. The normalized spacial score (nSPS) is 10.7. The van der Waals surface area contributed by atoms with E-state index in [9.17, 15) is 4.39 Å². The molecule has 2 aromatic heterocycles. The first kappa shape index (κ1) is 22.5. The molecule has 2 heterocycles. The Bertz CT molecular complexity index is 1690. The summed E-state index contributed by atoms with van der Waals surface area (Å²) in [5.74, 6) is -0.275.